The van der Waals surface area contributed by atoms with Gasteiger partial charge in [0.05, 0.1) is 0 Å². The smallest absolute Gasteiger partial charge is 0.0406 e. The lowest BCUT2D eigenvalue weighted by Crippen LogP contribution is -2.34. The van der Waals surface area contributed by atoms with E-state index in [1.54, 1.807) is 0 Å². The van der Waals surface area contributed by atoms with Gasteiger partial charge in [0.1, 0.15) is 0 Å². The second-order valence-electron chi connectivity index (χ2n) is 4.77. The number of rotatable bonds is 5. The maximum Gasteiger partial charge on any atom is 0.0406 e. The van der Waals surface area contributed by atoms with Gasteiger partial charge in [0.25, 0.3) is 0 Å². The average Bonchev–Trinajstić information content (AvgIpc) is 2.38. The summed E-state index contributed by atoms with van der Waals surface area (Å²) >= 11 is 5.85. The van der Waals surface area contributed by atoms with E-state index >= 15 is 0 Å². The summed E-state index contributed by atoms with van der Waals surface area (Å²) in [4.78, 5) is 0. The molecule has 1 fully saturated rings. The van der Waals surface area contributed by atoms with Crippen LogP contribution in [0, 0.1) is 5.92 Å². The van der Waals surface area contributed by atoms with Crippen molar-refractivity contribution in [1.29, 1.82) is 0 Å². The van der Waals surface area contributed by atoms with Gasteiger partial charge in [-0.15, -0.1) is 0 Å². The Balaban J connectivity index is 1.60. The second-order valence-corrected chi connectivity index (χ2v) is 5.21. The molecule has 1 aliphatic rings. The number of hydrogen-bond donors (Lipinski definition) is 2. The van der Waals surface area contributed by atoms with Crippen LogP contribution >= 0.6 is 11.6 Å². The van der Waals surface area contributed by atoms with Crippen molar-refractivity contribution in [2.75, 3.05) is 26.2 Å². The molecule has 0 saturated carbocycles. The van der Waals surface area contributed by atoms with Gasteiger partial charge in [-0.1, -0.05) is 23.7 Å². The average molecular weight is 253 g/mol. The summed E-state index contributed by atoms with van der Waals surface area (Å²) in [5.74, 6) is 0.862. The van der Waals surface area contributed by atoms with Gasteiger partial charge in [-0.3, -0.25) is 0 Å². The monoisotopic (exact) mass is 252 g/mol. The molecule has 2 rings (SSSR count). The first-order valence-electron chi connectivity index (χ1n) is 6.50. The third kappa shape index (κ3) is 4.66. The zero-order valence-electron chi connectivity index (χ0n) is 10.2. The van der Waals surface area contributed by atoms with Crippen LogP contribution in [-0.2, 0) is 6.42 Å². The maximum atomic E-state index is 5.85. The lowest BCUT2D eigenvalue weighted by Gasteiger charge is -2.22. The molecule has 0 unspecified atom stereocenters. The van der Waals surface area contributed by atoms with Crippen molar-refractivity contribution in [2.45, 2.75) is 19.3 Å². The lowest BCUT2D eigenvalue weighted by atomic mass is 9.98. The number of hydrogen-bond acceptors (Lipinski definition) is 2. The second kappa shape index (κ2) is 7.00. The van der Waals surface area contributed by atoms with E-state index in [4.69, 9.17) is 11.6 Å². The van der Waals surface area contributed by atoms with Crippen molar-refractivity contribution >= 4 is 11.6 Å². The van der Waals surface area contributed by atoms with Crippen LogP contribution in [0.5, 0.6) is 0 Å². The Morgan fingerprint density at radius 2 is 1.88 bits per heavy atom. The largest absolute Gasteiger partial charge is 0.317 e. The highest BCUT2D eigenvalue weighted by atomic mass is 35.5. The molecule has 94 valence electrons. The minimum Gasteiger partial charge on any atom is -0.317 e. The molecule has 0 radical (unpaired) electrons. The van der Waals surface area contributed by atoms with Crippen LogP contribution in [0.3, 0.4) is 0 Å². The molecule has 1 aromatic rings. The molecule has 0 aliphatic carbocycles. The molecule has 1 heterocycles. The molecule has 0 atom stereocenters. The normalized spacial score (nSPS) is 17.2. The third-order valence-electron chi connectivity index (χ3n) is 3.40. The Bertz CT molecular complexity index is 317. The van der Waals surface area contributed by atoms with Crippen molar-refractivity contribution in [3.05, 3.63) is 34.9 Å². The van der Waals surface area contributed by atoms with Crippen molar-refractivity contribution in [3.8, 4) is 0 Å². The van der Waals surface area contributed by atoms with E-state index in [9.17, 15) is 0 Å². The van der Waals surface area contributed by atoms with E-state index in [1.807, 2.05) is 12.1 Å². The SMILES string of the molecule is Clc1ccc(CCNCC2CCNCC2)cc1. The standard InChI is InChI=1S/C14H21ClN2/c15-14-3-1-12(2-4-14)5-10-17-11-13-6-8-16-9-7-13/h1-4,13,16-17H,5-11H2. The van der Waals surface area contributed by atoms with E-state index in [2.05, 4.69) is 22.8 Å². The van der Waals surface area contributed by atoms with E-state index < -0.39 is 0 Å². The minimum absolute atomic E-state index is 0.816. The quantitative estimate of drug-likeness (QED) is 0.787. The van der Waals surface area contributed by atoms with Crippen LogP contribution in [0.2, 0.25) is 5.02 Å². The van der Waals surface area contributed by atoms with E-state index in [0.29, 0.717) is 0 Å². The summed E-state index contributed by atoms with van der Waals surface area (Å²) in [6.07, 6.45) is 3.71. The van der Waals surface area contributed by atoms with Crippen LogP contribution in [-0.4, -0.2) is 26.2 Å². The maximum absolute atomic E-state index is 5.85. The molecular formula is C14H21ClN2. The highest BCUT2D eigenvalue weighted by Gasteiger charge is 2.11. The van der Waals surface area contributed by atoms with Gasteiger partial charge in [0, 0.05) is 5.02 Å². The van der Waals surface area contributed by atoms with E-state index in [0.717, 1.165) is 30.5 Å². The first kappa shape index (κ1) is 12.9. The number of nitrogens with one attached hydrogen (secondary N) is 2. The predicted octanol–water partition coefficient (Wildman–Crippen LogP) is 2.47. The fraction of sp³-hybridized carbons (Fsp3) is 0.571. The van der Waals surface area contributed by atoms with Gasteiger partial charge < -0.3 is 10.6 Å². The summed E-state index contributed by atoms with van der Waals surface area (Å²) < 4.78 is 0. The Labute approximate surface area is 109 Å². The Morgan fingerprint density at radius 3 is 2.59 bits per heavy atom. The fourth-order valence-electron chi connectivity index (χ4n) is 2.28. The molecule has 0 aromatic heterocycles. The Morgan fingerprint density at radius 1 is 1.18 bits per heavy atom. The van der Waals surface area contributed by atoms with Crippen molar-refractivity contribution in [2.24, 2.45) is 5.92 Å². The highest BCUT2D eigenvalue weighted by molar-refractivity contribution is 6.30. The third-order valence-corrected chi connectivity index (χ3v) is 3.65. The van der Waals surface area contributed by atoms with Crippen LogP contribution in [0.4, 0.5) is 0 Å². The Kier molecular flexibility index (Phi) is 5.30. The zero-order chi connectivity index (χ0) is 11.9. The molecule has 0 bridgehead atoms. The van der Waals surface area contributed by atoms with Crippen LogP contribution in [0.25, 0.3) is 0 Å². The van der Waals surface area contributed by atoms with Crippen LogP contribution < -0.4 is 10.6 Å². The predicted molar refractivity (Wildman–Crippen MR) is 73.6 cm³/mol. The molecule has 1 aliphatic heterocycles. The number of benzene rings is 1. The molecule has 2 N–H and O–H groups in total. The van der Waals surface area contributed by atoms with Crippen LogP contribution in [0.15, 0.2) is 24.3 Å². The van der Waals surface area contributed by atoms with Crippen molar-refractivity contribution in [3.63, 3.8) is 0 Å². The van der Waals surface area contributed by atoms with Crippen molar-refractivity contribution < 1.29 is 0 Å². The molecule has 0 spiro atoms. The first-order valence-corrected chi connectivity index (χ1v) is 6.88. The van der Waals surface area contributed by atoms with E-state index in [-0.39, 0.29) is 0 Å². The minimum atomic E-state index is 0.816. The van der Waals surface area contributed by atoms with Gasteiger partial charge in [0.2, 0.25) is 0 Å². The zero-order valence-corrected chi connectivity index (χ0v) is 11.0. The summed E-state index contributed by atoms with van der Waals surface area (Å²) in [5, 5.41) is 7.77. The fourth-order valence-corrected chi connectivity index (χ4v) is 2.40. The summed E-state index contributed by atoms with van der Waals surface area (Å²) in [5.41, 5.74) is 1.35. The summed E-state index contributed by atoms with van der Waals surface area (Å²) in [6, 6.07) is 8.14. The van der Waals surface area contributed by atoms with Gasteiger partial charge in [-0.25, -0.2) is 0 Å². The van der Waals surface area contributed by atoms with Crippen molar-refractivity contribution in [1.82, 2.24) is 10.6 Å². The summed E-state index contributed by atoms with van der Waals surface area (Å²) in [6.45, 7) is 4.59. The van der Waals surface area contributed by atoms with Gasteiger partial charge in [-0.05, 0) is 69.1 Å². The molecule has 3 heteroatoms. The number of halogens is 1. The molecular weight excluding hydrogens is 232 g/mol. The molecule has 2 nitrogen and oxygen atoms in total. The Hall–Kier alpha value is -0.570. The van der Waals surface area contributed by atoms with E-state index in [1.165, 1.54) is 31.5 Å². The number of piperidine rings is 1. The molecule has 0 amide bonds. The van der Waals surface area contributed by atoms with Gasteiger partial charge >= 0.3 is 0 Å². The molecule has 17 heavy (non-hydrogen) atoms. The van der Waals surface area contributed by atoms with Crippen LogP contribution in [0.1, 0.15) is 18.4 Å². The first-order chi connectivity index (χ1) is 8.34. The van der Waals surface area contributed by atoms with Gasteiger partial charge in [-0.2, -0.15) is 0 Å². The summed E-state index contributed by atoms with van der Waals surface area (Å²) in [7, 11) is 0. The topological polar surface area (TPSA) is 24.1 Å². The van der Waals surface area contributed by atoms with Gasteiger partial charge in [0.15, 0.2) is 0 Å². The lowest BCUT2D eigenvalue weighted by molar-refractivity contribution is 0.358. The molecule has 1 aromatic carbocycles. The molecule has 1 saturated heterocycles. The highest BCUT2D eigenvalue weighted by Crippen LogP contribution is 2.11.